The van der Waals surface area contributed by atoms with Crippen molar-refractivity contribution in [2.45, 2.75) is 12.5 Å². The van der Waals surface area contributed by atoms with E-state index in [0.717, 1.165) is 5.56 Å². The lowest BCUT2D eigenvalue weighted by Gasteiger charge is -2.09. The van der Waals surface area contributed by atoms with Crippen molar-refractivity contribution in [2.24, 2.45) is 5.73 Å². The second-order valence-corrected chi connectivity index (χ2v) is 3.03. The van der Waals surface area contributed by atoms with Gasteiger partial charge < -0.3 is 15.9 Å². The van der Waals surface area contributed by atoms with Gasteiger partial charge in [0.05, 0.1) is 12.5 Å². The number of aliphatic hydroxyl groups is 1. The Labute approximate surface area is 82.0 Å². The molecule has 0 aliphatic heterocycles. The summed E-state index contributed by atoms with van der Waals surface area (Å²) >= 11 is 0. The van der Waals surface area contributed by atoms with Crippen molar-refractivity contribution in [2.75, 3.05) is 6.54 Å². The van der Waals surface area contributed by atoms with Crippen molar-refractivity contribution >= 4 is 5.97 Å². The van der Waals surface area contributed by atoms with Gasteiger partial charge in [-0.1, -0.05) is 24.3 Å². The number of hydrogen-bond acceptors (Lipinski definition) is 3. The van der Waals surface area contributed by atoms with Crippen molar-refractivity contribution in [1.82, 2.24) is 0 Å². The molecule has 0 amide bonds. The molecule has 0 saturated heterocycles. The van der Waals surface area contributed by atoms with E-state index in [9.17, 15) is 4.79 Å². The van der Waals surface area contributed by atoms with Crippen molar-refractivity contribution in [1.29, 1.82) is 0 Å². The van der Waals surface area contributed by atoms with E-state index in [2.05, 4.69) is 0 Å². The summed E-state index contributed by atoms with van der Waals surface area (Å²) in [6, 6.07) is 6.75. The van der Waals surface area contributed by atoms with Gasteiger partial charge in [0.25, 0.3) is 0 Å². The van der Waals surface area contributed by atoms with Crippen LogP contribution in [0.4, 0.5) is 0 Å². The van der Waals surface area contributed by atoms with Crippen LogP contribution in [-0.2, 0) is 11.4 Å². The molecule has 14 heavy (non-hydrogen) atoms. The number of carbonyl (C=O) groups is 1. The molecule has 1 rings (SSSR count). The summed E-state index contributed by atoms with van der Waals surface area (Å²) in [6.45, 7) is 0.0362. The number of carboxylic acid groups (broad SMARTS) is 1. The molecule has 0 saturated carbocycles. The van der Waals surface area contributed by atoms with Gasteiger partial charge in [-0.3, -0.25) is 4.79 Å². The van der Waals surface area contributed by atoms with Crippen LogP contribution in [0, 0.1) is 0 Å². The number of carboxylic acids is 1. The van der Waals surface area contributed by atoms with Crippen molar-refractivity contribution < 1.29 is 15.0 Å². The molecule has 4 nitrogen and oxygen atoms in total. The fourth-order valence-electron chi connectivity index (χ4n) is 1.23. The van der Waals surface area contributed by atoms with Crippen molar-refractivity contribution in [3.05, 3.63) is 35.4 Å². The first-order valence-electron chi connectivity index (χ1n) is 4.31. The van der Waals surface area contributed by atoms with Crippen molar-refractivity contribution in [3.63, 3.8) is 0 Å². The van der Waals surface area contributed by atoms with Crippen LogP contribution in [0.15, 0.2) is 24.3 Å². The molecule has 0 radical (unpaired) electrons. The predicted octanol–water partition coefficient (Wildman–Crippen LogP) is 0.306. The van der Waals surface area contributed by atoms with Crippen LogP contribution in [0.3, 0.4) is 0 Å². The summed E-state index contributed by atoms with van der Waals surface area (Å²) in [5.41, 5.74) is 6.77. The lowest BCUT2D eigenvalue weighted by Crippen LogP contribution is -2.21. The van der Waals surface area contributed by atoms with Gasteiger partial charge in [-0.05, 0) is 11.1 Å². The van der Waals surface area contributed by atoms with Gasteiger partial charge in [-0.2, -0.15) is 0 Å². The number of rotatable bonds is 4. The molecule has 1 aromatic carbocycles. The normalized spacial score (nSPS) is 12.4. The molecule has 0 aliphatic rings. The number of benzene rings is 1. The Hall–Kier alpha value is -1.39. The van der Waals surface area contributed by atoms with Gasteiger partial charge in [0.1, 0.15) is 0 Å². The Balaban J connectivity index is 2.89. The first-order chi connectivity index (χ1) is 6.69. The molecule has 1 atom stereocenters. The van der Waals surface area contributed by atoms with Crippen LogP contribution in [-0.4, -0.2) is 22.7 Å². The molecule has 0 heterocycles. The largest absolute Gasteiger partial charge is 0.481 e. The molecule has 0 aliphatic carbocycles. The Morgan fingerprint density at radius 2 is 1.93 bits per heavy atom. The highest BCUT2D eigenvalue weighted by molar-refractivity contribution is 5.76. The van der Waals surface area contributed by atoms with Crippen LogP contribution in [0.25, 0.3) is 0 Å². The maximum Gasteiger partial charge on any atom is 0.312 e. The minimum atomic E-state index is -0.927. The lowest BCUT2D eigenvalue weighted by atomic mass is 9.98. The molecule has 4 N–H and O–H groups in total. The minimum Gasteiger partial charge on any atom is -0.481 e. The minimum absolute atomic E-state index is 0.0410. The third-order valence-electron chi connectivity index (χ3n) is 2.10. The zero-order chi connectivity index (χ0) is 10.6. The SMILES string of the molecule is NCC(C(=O)O)c1ccc(CO)cc1. The summed E-state index contributed by atoms with van der Waals surface area (Å²) in [4.78, 5) is 10.8. The van der Waals surface area contributed by atoms with Crippen LogP contribution in [0.5, 0.6) is 0 Å². The summed E-state index contributed by atoms with van der Waals surface area (Å²) in [7, 11) is 0. The summed E-state index contributed by atoms with van der Waals surface area (Å²) in [5, 5.41) is 17.6. The molecule has 1 unspecified atom stereocenters. The maximum absolute atomic E-state index is 10.8. The van der Waals surface area contributed by atoms with Gasteiger partial charge in [0, 0.05) is 6.54 Å². The summed E-state index contributed by atoms with van der Waals surface area (Å²) in [6.07, 6.45) is 0. The molecule has 76 valence electrons. The van der Waals surface area contributed by atoms with Crippen LogP contribution in [0.1, 0.15) is 17.0 Å². The number of hydrogen-bond donors (Lipinski definition) is 3. The van der Waals surface area contributed by atoms with E-state index in [1.165, 1.54) is 0 Å². The monoisotopic (exact) mass is 195 g/mol. The highest BCUT2D eigenvalue weighted by atomic mass is 16.4. The van der Waals surface area contributed by atoms with Gasteiger partial charge in [-0.25, -0.2) is 0 Å². The van der Waals surface area contributed by atoms with Crippen LogP contribution >= 0.6 is 0 Å². The van der Waals surface area contributed by atoms with E-state index in [0.29, 0.717) is 5.56 Å². The highest BCUT2D eigenvalue weighted by Gasteiger charge is 2.17. The van der Waals surface area contributed by atoms with E-state index in [4.69, 9.17) is 15.9 Å². The van der Waals surface area contributed by atoms with Gasteiger partial charge in [0.15, 0.2) is 0 Å². The topological polar surface area (TPSA) is 83.6 Å². The molecule has 1 aromatic rings. The average molecular weight is 195 g/mol. The molecule has 0 aromatic heterocycles. The van der Waals surface area contributed by atoms with E-state index in [1.54, 1.807) is 24.3 Å². The maximum atomic E-state index is 10.8. The molecular formula is C10H13NO3. The fraction of sp³-hybridized carbons (Fsp3) is 0.300. The first kappa shape index (κ1) is 10.7. The van der Waals surface area contributed by atoms with Gasteiger partial charge in [-0.15, -0.1) is 0 Å². The molecule has 0 fully saturated rings. The second kappa shape index (κ2) is 4.74. The van der Waals surface area contributed by atoms with E-state index >= 15 is 0 Å². The third-order valence-corrected chi connectivity index (χ3v) is 2.10. The third kappa shape index (κ3) is 2.31. The zero-order valence-electron chi connectivity index (χ0n) is 7.68. The first-order valence-corrected chi connectivity index (χ1v) is 4.31. The second-order valence-electron chi connectivity index (χ2n) is 3.03. The average Bonchev–Trinajstić information content (AvgIpc) is 2.19. The van der Waals surface area contributed by atoms with Crippen molar-refractivity contribution in [3.8, 4) is 0 Å². The smallest absolute Gasteiger partial charge is 0.312 e. The Kier molecular flexibility index (Phi) is 3.62. The summed E-state index contributed by atoms with van der Waals surface area (Å²) < 4.78 is 0. The highest BCUT2D eigenvalue weighted by Crippen LogP contribution is 2.15. The van der Waals surface area contributed by atoms with Gasteiger partial charge >= 0.3 is 5.97 Å². The molecular weight excluding hydrogens is 182 g/mol. The quantitative estimate of drug-likeness (QED) is 0.645. The number of nitrogens with two attached hydrogens (primary N) is 1. The summed E-state index contributed by atoms with van der Waals surface area (Å²) in [5.74, 6) is -1.59. The molecule has 4 heteroatoms. The molecule has 0 spiro atoms. The van der Waals surface area contributed by atoms with Gasteiger partial charge in [0.2, 0.25) is 0 Å². The van der Waals surface area contributed by atoms with E-state index < -0.39 is 11.9 Å². The van der Waals surface area contributed by atoms with Crippen LogP contribution in [0.2, 0.25) is 0 Å². The Morgan fingerprint density at radius 3 is 2.29 bits per heavy atom. The lowest BCUT2D eigenvalue weighted by molar-refractivity contribution is -0.138. The van der Waals surface area contributed by atoms with E-state index in [1.807, 2.05) is 0 Å². The molecule has 0 bridgehead atoms. The standard InChI is InChI=1S/C10H13NO3/c11-5-9(10(13)14)8-3-1-7(6-12)2-4-8/h1-4,9,12H,5-6,11H2,(H,13,14). The predicted molar refractivity (Wildman–Crippen MR) is 51.8 cm³/mol. The number of aliphatic carboxylic acids is 1. The fourth-order valence-corrected chi connectivity index (χ4v) is 1.23. The van der Waals surface area contributed by atoms with Crippen LogP contribution < -0.4 is 5.73 Å². The van der Waals surface area contributed by atoms with E-state index in [-0.39, 0.29) is 13.2 Å². The number of aliphatic hydroxyl groups excluding tert-OH is 1. The zero-order valence-corrected chi connectivity index (χ0v) is 7.68. The Bertz CT molecular complexity index is 308. The Morgan fingerprint density at radius 1 is 1.36 bits per heavy atom.